The van der Waals surface area contributed by atoms with Gasteiger partial charge in [0.05, 0.1) is 12.2 Å². The third-order valence-electron chi connectivity index (χ3n) is 6.25. The smallest absolute Gasteiger partial charge is 0.407 e. The van der Waals surface area contributed by atoms with E-state index in [2.05, 4.69) is 29.6 Å². The molecule has 1 aliphatic carbocycles. The molecule has 0 radical (unpaired) electrons. The molecule has 0 atom stereocenters. The van der Waals surface area contributed by atoms with Crippen molar-refractivity contribution in [2.75, 3.05) is 31.2 Å². The first-order valence-corrected chi connectivity index (χ1v) is 13.4. The lowest BCUT2D eigenvalue weighted by molar-refractivity contribution is -0.138. The van der Waals surface area contributed by atoms with Crippen LogP contribution in [-0.2, 0) is 20.9 Å². The molecule has 2 N–H and O–H groups in total. The highest BCUT2D eigenvalue weighted by Crippen LogP contribution is 2.44. The summed E-state index contributed by atoms with van der Waals surface area (Å²) in [6, 6.07) is 25.9. The van der Waals surface area contributed by atoms with Gasteiger partial charge in [0.1, 0.15) is 6.61 Å². The van der Waals surface area contributed by atoms with Gasteiger partial charge in [-0.05, 0) is 27.8 Å². The largest absolute Gasteiger partial charge is 0.481 e. The van der Waals surface area contributed by atoms with Gasteiger partial charge in [-0.3, -0.25) is 9.59 Å². The van der Waals surface area contributed by atoms with Crippen LogP contribution in [0.3, 0.4) is 0 Å². The third-order valence-corrected chi connectivity index (χ3v) is 7.19. The van der Waals surface area contributed by atoms with Crippen LogP contribution >= 0.6 is 11.8 Å². The maximum absolute atomic E-state index is 12.7. The number of hydrogen-bond donors (Lipinski definition) is 2. The summed E-state index contributed by atoms with van der Waals surface area (Å²) in [6.07, 6.45) is -0.590. The number of thioether (sulfide) groups is 1. The standard InChI is InChI=1S/C29H30N2O5S/c32-27(31(16-14-28(33)34)18-21-8-2-1-3-9-21)20-37-17-15-30-29(35)36-19-26-24-12-6-4-10-22(24)23-11-5-7-13-25(23)26/h1-13,26H,14-20H2,(H,30,35)(H,33,34). The number of rotatable bonds is 12. The molecule has 0 fully saturated rings. The van der Waals surface area contributed by atoms with Gasteiger partial charge in [-0.25, -0.2) is 4.79 Å². The summed E-state index contributed by atoms with van der Waals surface area (Å²) in [5.74, 6) is -0.319. The Morgan fingerprint density at radius 2 is 1.51 bits per heavy atom. The van der Waals surface area contributed by atoms with Gasteiger partial charge < -0.3 is 20.1 Å². The molecule has 1 aliphatic rings. The van der Waals surface area contributed by atoms with Gasteiger partial charge in [0.15, 0.2) is 0 Å². The second-order valence-corrected chi connectivity index (χ2v) is 9.85. The minimum atomic E-state index is -0.939. The molecule has 0 saturated heterocycles. The number of carbonyl (C=O) groups excluding carboxylic acids is 2. The first kappa shape index (κ1) is 26.3. The highest BCUT2D eigenvalue weighted by molar-refractivity contribution is 7.99. The van der Waals surface area contributed by atoms with Crippen LogP contribution in [0.25, 0.3) is 11.1 Å². The second kappa shape index (κ2) is 13.0. The number of nitrogens with zero attached hydrogens (tertiary/aromatic N) is 1. The fourth-order valence-corrected chi connectivity index (χ4v) is 5.20. The topological polar surface area (TPSA) is 95.9 Å². The molecule has 37 heavy (non-hydrogen) atoms. The molecule has 0 spiro atoms. The summed E-state index contributed by atoms with van der Waals surface area (Å²) in [7, 11) is 0. The van der Waals surface area contributed by atoms with Crippen molar-refractivity contribution in [2.24, 2.45) is 0 Å². The fraction of sp³-hybridized carbons (Fsp3) is 0.276. The molecule has 0 heterocycles. The van der Waals surface area contributed by atoms with Crippen molar-refractivity contribution in [1.29, 1.82) is 0 Å². The molecule has 0 unspecified atom stereocenters. The monoisotopic (exact) mass is 518 g/mol. The predicted octanol–water partition coefficient (Wildman–Crippen LogP) is 4.76. The number of ether oxygens (including phenoxy) is 1. The zero-order chi connectivity index (χ0) is 26.0. The molecule has 3 aromatic rings. The SMILES string of the molecule is O=C(O)CCN(Cc1ccccc1)C(=O)CSCCNC(=O)OCC1c2ccccc2-c2ccccc21. The molecule has 7 nitrogen and oxygen atoms in total. The average Bonchev–Trinajstić information content (AvgIpc) is 3.23. The first-order valence-electron chi connectivity index (χ1n) is 12.2. The van der Waals surface area contributed by atoms with Crippen molar-refractivity contribution in [2.45, 2.75) is 18.9 Å². The van der Waals surface area contributed by atoms with E-state index in [-0.39, 0.29) is 37.2 Å². The van der Waals surface area contributed by atoms with Crippen molar-refractivity contribution in [3.63, 3.8) is 0 Å². The van der Waals surface area contributed by atoms with Crippen LogP contribution in [0.1, 0.15) is 29.0 Å². The predicted molar refractivity (Wildman–Crippen MR) is 145 cm³/mol. The lowest BCUT2D eigenvalue weighted by atomic mass is 9.98. The van der Waals surface area contributed by atoms with Crippen LogP contribution in [0.2, 0.25) is 0 Å². The van der Waals surface area contributed by atoms with Crippen molar-refractivity contribution < 1.29 is 24.2 Å². The van der Waals surface area contributed by atoms with E-state index in [9.17, 15) is 14.4 Å². The summed E-state index contributed by atoms with van der Waals surface area (Å²) >= 11 is 1.39. The summed E-state index contributed by atoms with van der Waals surface area (Å²) in [5, 5.41) is 11.8. The Balaban J connectivity index is 1.19. The molecule has 0 bridgehead atoms. The van der Waals surface area contributed by atoms with Crippen LogP contribution in [0.4, 0.5) is 4.79 Å². The second-order valence-electron chi connectivity index (χ2n) is 8.75. The molecule has 4 rings (SSSR count). The third kappa shape index (κ3) is 7.13. The lowest BCUT2D eigenvalue weighted by Gasteiger charge is -2.22. The van der Waals surface area contributed by atoms with Crippen molar-refractivity contribution in [3.8, 4) is 11.1 Å². The van der Waals surface area contributed by atoms with Gasteiger partial charge in [-0.1, -0.05) is 78.9 Å². The molecular weight excluding hydrogens is 488 g/mol. The summed E-state index contributed by atoms with van der Waals surface area (Å²) in [4.78, 5) is 37.6. The highest BCUT2D eigenvalue weighted by atomic mass is 32.2. The zero-order valence-electron chi connectivity index (χ0n) is 20.5. The van der Waals surface area contributed by atoms with E-state index in [1.54, 1.807) is 4.90 Å². The van der Waals surface area contributed by atoms with Crippen LogP contribution < -0.4 is 5.32 Å². The van der Waals surface area contributed by atoms with Gasteiger partial charge in [0.2, 0.25) is 5.91 Å². The number of hydrogen-bond acceptors (Lipinski definition) is 5. The number of benzene rings is 3. The zero-order valence-corrected chi connectivity index (χ0v) is 21.3. The quantitative estimate of drug-likeness (QED) is 0.336. The molecule has 8 heteroatoms. The first-order chi connectivity index (χ1) is 18.0. The van der Waals surface area contributed by atoms with Crippen LogP contribution in [0.15, 0.2) is 78.9 Å². The Morgan fingerprint density at radius 3 is 2.16 bits per heavy atom. The van der Waals surface area contributed by atoms with E-state index in [1.165, 1.54) is 22.9 Å². The number of aliphatic carboxylic acids is 1. The normalized spacial score (nSPS) is 11.9. The lowest BCUT2D eigenvalue weighted by Crippen LogP contribution is -2.34. The Hall–Kier alpha value is -3.78. The molecule has 0 aliphatic heterocycles. The number of carboxylic acid groups (broad SMARTS) is 1. The number of carbonyl (C=O) groups is 3. The number of fused-ring (bicyclic) bond motifs is 3. The molecular formula is C29H30N2O5S. The molecule has 2 amide bonds. The Labute approximate surface area is 220 Å². The van der Waals surface area contributed by atoms with E-state index in [0.29, 0.717) is 18.8 Å². The minimum absolute atomic E-state index is 0.00606. The van der Waals surface area contributed by atoms with Crippen LogP contribution in [0.5, 0.6) is 0 Å². The maximum atomic E-state index is 12.7. The number of carboxylic acids is 1. The summed E-state index contributed by atoms with van der Waals surface area (Å²) in [5.41, 5.74) is 5.63. The fourth-order valence-electron chi connectivity index (χ4n) is 4.45. The van der Waals surface area contributed by atoms with Crippen LogP contribution in [0, 0.1) is 0 Å². The van der Waals surface area contributed by atoms with Gasteiger partial charge in [0.25, 0.3) is 0 Å². The molecule has 3 aromatic carbocycles. The van der Waals surface area contributed by atoms with Crippen molar-refractivity contribution in [3.05, 3.63) is 95.6 Å². The van der Waals surface area contributed by atoms with E-state index in [0.717, 1.165) is 16.7 Å². The van der Waals surface area contributed by atoms with Crippen molar-refractivity contribution >= 4 is 29.7 Å². The van der Waals surface area contributed by atoms with Gasteiger partial charge in [0, 0.05) is 31.3 Å². The summed E-state index contributed by atoms with van der Waals surface area (Å²) < 4.78 is 5.54. The van der Waals surface area contributed by atoms with E-state index in [4.69, 9.17) is 9.84 Å². The highest BCUT2D eigenvalue weighted by Gasteiger charge is 2.29. The number of amides is 2. The van der Waals surface area contributed by atoms with E-state index < -0.39 is 12.1 Å². The van der Waals surface area contributed by atoms with Crippen LogP contribution in [-0.4, -0.2) is 59.2 Å². The molecule has 192 valence electrons. The Morgan fingerprint density at radius 1 is 0.892 bits per heavy atom. The van der Waals surface area contributed by atoms with Gasteiger partial charge in [-0.15, -0.1) is 0 Å². The average molecular weight is 519 g/mol. The molecule has 0 aromatic heterocycles. The van der Waals surface area contributed by atoms with E-state index in [1.807, 2.05) is 54.6 Å². The number of nitrogens with one attached hydrogen (secondary N) is 1. The molecule has 0 saturated carbocycles. The number of alkyl carbamates (subject to hydrolysis) is 1. The van der Waals surface area contributed by atoms with Crippen molar-refractivity contribution in [1.82, 2.24) is 10.2 Å². The van der Waals surface area contributed by atoms with Gasteiger partial charge in [-0.2, -0.15) is 11.8 Å². The Kier molecular flexibility index (Phi) is 9.21. The minimum Gasteiger partial charge on any atom is -0.481 e. The van der Waals surface area contributed by atoms with Gasteiger partial charge >= 0.3 is 12.1 Å². The van der Waals surface area contributed by atoms with E-state index >= 15 is 0 Å². The maximum Gasteiger partial charge on any atom is 0.407 e. The Bertz CT molecular complexity index is 1190. The summed E-state index contributed by atoms with van der Waals surface area (Å²) in [6.45, 7) is 1.14.